The number of aromatic nitrogens is 2. The van der Waals surface area contributed by atoms with E-state index in [0.717, 1.165) is 10.8 Å². The minimum atomic E-state index is -0.285. The third kappa shape index (κ3) is 4.42. The van der Waals surface area contributed by atoms with Crippen LogP contribution in [0.2, 0.25) is 0 Å². The van der Waals surface area contributed by atoms with Crippen molar-refractivity contribution in [2.45, 2.75) is 26.3 Å². The van der Waals surface area contributed by atoms with E-state index in [0.29, 0.717) is 17.2 Å². The number of carbonyl (C=O) groups is 1. The molecule has 1 amide bonds. The Morgan fingerprint density at radius 1 is 0.963 bits per heavy atom. The van der Waals surface area contributed by atoms with Gasteiger partial charge in [-0.2, -0.15) is 0 Å². The fraction of sp³-hybridized carbons (Fsp3) is 0.211. The molecule has 8 heteroatoms. The van der Waals surface area contributed by atoms with E-state index >= 15 is 0 Å². The number of rotatable bonds is 5. The van der Waals surface area contributed by atoms with Gasteiger partial charge in [-0.05, 0) is 37.6 Å². The zero-order valence-corrected chi connectivity index (χ0v) is 15.5. The van der Waals surface area contributed by atoms with Crippen LogP contribution in [0.1, 0.15) is 31.1 Å². The lowest BCUT2D eigenvalue weighted by Gasteiger charge is -2.22. The van der Waals surface area contributed by atoms with Gasteiger partial charge in [-0.25, -0.2) is 15.4 Å². The van der Waals surface area contributed by atoms with Crippen LogP contribution in [0.5, 0.6) is 0 Å². The smallest absolute Gasteiger partial charge is 0.270 e. The predicted molar refractivity (Wildman–Crippen MR) is 108 cm³/mol. The number of anilines is 3. The highest BCUT2D eigenvalue weighted by molar-refractivity contribution is 6.07. The summed E-state index contributed by atoms with van der Waals surface area (Å²) >= 11 is 0. The van der Waals surface area contributed by atoms with Crippen LogP contribution in [0.25, 0.3) is 10.8 Å². The molecule has 140 valence electrons. The number of hydrazine groups is 2. The van der Waals surface area contributed by atoms with Crippen molar-refractivity contribution in [3.05, 3.63) is 54.4 Å². The van der Waals surface area contributed by atoms with Crippen LogP contribution in [-0.2, 0) is 0 Å². The third-order valence-corrected chi connectivity index (χ3v) is 3.77. The lowest BCUT2D eigenvalue weighted by Crippen LogP contribution is -2.40. The van der Waals surface area contributed by atoms with Crippen molar-refractivity contribution in [3.8, 4) is 0 Å². The molecule has 3 aromatic rings. The Hall–Kier alpha value is -3.39. The van der Waals surface area contributed by atoms with Gasteiger partial charge in [0.05, 0.1) is 0 Å². The predicted octanol–water partition coefficient (Wildman–Crippen LogP) is 2.68. The van der Waals surface area contributed by atoms with E-state index in [1.807, 2.05) is 57.2 Å². The molecule has 0 saturated heterocycles. The van der Waals surface area contributed by atoms with Gasteiger partial charge in [0.1, 0.15) is 12.0 Å². The van der Waals surface area contributed by atoms with Crippen LogP contribution in [0, 0.1) is 0 Å². The molecule has 0 radical (unpaired) electrons. The van der Waals surface area contributed by atoms with Crippen LogP contribution in [-0.4, -0.2) is 21.4 Å². The van der Waals surface area contributed by atoms with E-state index in [2.05, 4.69) is 31.7 Å². The van der Waals surface area contributed by atoms with Crippen molar-refractivity contribution in [3.63, 3.8) is 0 Å². The molecule has 0 fully saturated rings. The second-order valence-electron chi connectivity index (χ2n) is 7.09. The van der Waals surface area contributed by atoms with Gasteiger partial charge in [-0.1, -0.05) is 36.4 Å². The van der Waals surface area contributed by atoms with E-state index in [9.17, 15) is 4.79 Å². The summed E-state index contributed by atoms with van der Waals surface area (Å²) in [5, 5.41) is 1.86. The Balaban J connectivity index is 1.74. The van der Waals surface area contributed by atoms with Crippen molar-refractivity contribution in [2.75, 3.05) is 16.6 Å². The first kappa shape index (κ1) is 18.4. The van der Waals surface area contributed by atoms with E-state index in [4.69, 9.17) is 5.73 Å². The highest BCUT2D eigenvalue weighted by Gasteiger charge is 2.14. The first-order valence-electron chi connectivity index (χ1n) is 8.53. The van der Waals surface area contributed by atoms with E-state index in [1.54, 1.807) is 6.07 Å². The average Bonchev–Trinajstić information content (AvgIpc) is 2.65. The Morgan fingerprint density at radius 2 is 1.63 bits per heavy atom. The molecule has 0 atom stereocenters. The molecule has 27 heavy (non-hydrogen) atoms. The van der Waals surface area contributed by atoms with Crippen LogP contribution < -0.4 is 27.4 Å². The average molecular weight is 365 g/mol. The molecule has 6 N–H and O–H groups in total. The van der Waals surface area contributed by atoms with Crippen molar-refractivity contribution in [2.24, 2.45) is 0 Å². The van der Waals surface area contributed by atoms with Gasteiger partial charge in [0.2, 0.25) is 0 Å². The Labute approximate surface area is 157 Å². The number of nitrogens with two attached hydrogens (primary N) is 1. The first-order chi connectivity index (χ1) is 12.8. The third-order valence-electron chi connectivity index (χ3n) is 3.77. The van der Waals surface area contributed by atoms with Gasteiger partial charge in [0.15, 0.2) is 11.6 Å². The maximum atomic E-state index is 12.6. The van der Waals surface area contributed by atoms with Crippen molar-refractivity contribution in [1.29, 1.82) is 0 Å². The van der Waals surface area contributed by atoms with Crippen LogP contribution in [0.4, 0.5) is 17.3 Å². The fourth-order valence-corrected chi connectivity index (χ4v) is 2.45. The molecule has 3 rings (SSSR count). The van der Waals surface area contributed by atoms with Crippen LogP contribution >= 0.6 is 0 Å². The molecule has 0 aliphatic heterocycles. The molecular weight excluding hydrogens is 342 g/mol. The van der Waals surface area contributed by atoms with E-state index < -0.39 is 0 Å². The summed E-state index contributed by atoms with van der Waals surface area (Å²) in [4.78, 5) is 20.8. The highest BCUT2D eigenvalue weighted by atomic mass is 16.2. The topological polar surface area (TPSA) is 117 Å². The molecule has 0 saturated carbocycles. The fourth-order valence-electron chi connectivity index (χ4n) is 2.45. The van der Waals surface area contributed by atoms with Crippen molar-refractivity contribution >= 4 is 34.0 Å². The lowest BCUT2D eigenvalue weighted by molar-refractivity contribution is 0.0964. The van der Waals surface area contributed by atoms with Gasteiger partial charge in [0.25, 0.3) is 5.91 Å². The molecule has 1 aromatic heterocycles. The molecule has 2 aromatic carbocycles. The number of nitrogen functional groups attached to an aromatic ring is 1. The summed E-state index contributed by atoms with van der Waals surface area (Å²) in [6.07, 6.45) is 1.36. The van der Waals surface area contributed by atoms with Gasteiger partial charge < -0.3 is 11.2 Å². The zero-order valence-electron chi connectivity index (χ0n) is 15.5. The number of hydrogen-bond donors (Lipinski definition) is 5. The molecule has 0 bridgehead atoms. The Morgan fingerprint density at radius 3 is 2.37 bits per heavy atom. The first-order valence-corrected chi connectivity index (χ1v) is 8.53. The normalized spacial score (nSPS) is 11.2. The number of carbonyl (C=O) groups excluding carboxylic acids is 1. The summed E-state index contributed by atoms with van der Waals surface area (Å²) in [7, 11) is 0. The van der Waals surface area contributed by atoms with Gasteiger partial charge in [-0.3, -0.25) is 15.6 Å². The molecule has 0 spiro atoms. The Kier molecular flexibility index (Phi) is 5.09. The van der Waals surface area contributed by atoms with Crippen LogP contribution in [0.3, 0.4) is 0 Å². The molecule has 0 unspecified atom stereocenters. The van der Waals surface area contributed by atoms with Crippen molar-refractivity contribution < 1.29 is 4.79 Å². The highest BCUT2D eigenvalue weighted by Crippen LogP contribution is 2.22. The SMILES string of the molecule is CC(C)(C)NNc1ncnc(NNC(=O)c2cccc3ccccc23)c1N. The van der Waals surface area contributed by atoms with Gasteiger partial charge >= 0.3 is 0 Å². The molecule has 0 aliphatic rings. The zero-order chi connectivity index (χ0) is 19.4. The number of nitrogens with zero attached hydrogens (tertiary/aromatic N) is 2. The maximum absolute atomic E-state index is 12.6. The number of benzene rings is 2. The number of nitrogens with one attached hydrogen (secondary N) is 4. The lowest BCUT2D eigenvalue weighted by atomic mass is 10.0. The molecule has 1 heterocycles. The van der Waals surface area contributed by atoms with E-state index in [-0.39, 0.29) is 17.1 Å². The van der Waals surface area contributed by atoms with Crippen molar-refractivity contribution in [1.82, 2.24) is 20.8 Å². The minimum absolute atomic E-state index is 0.173. The second-order valence-corrected chi connectivity index (χ2v) is 7.09. The van der Waals surface area contributed by atoms with E-state index in [1.165, 1.54) is 6.33 Å². The summed E-state index contributed by atoms with van der Waals surface area (Å²) < 4.78 is 0. The number of amides is 1. The number of fused-ring (bicyclic) bond motifs is 1. The summed E-state index contributed by atoms with van der Waals surface area (Å²) in [6.45, 7) is 6.00. The quantitative estimate of drug-likeness (QED) is 0.441. The monoisotopic (exact) mass is 365 g/mol. The summed E-state index contributed by atoms with van der Waals surface area (Å²) in [6, 6.07) is 13.3. The van der Waals surface area contributed by atoms with Crippen LogP contribution in [0.15, 0.2) is 48.8 Å². The molecular formula is C19H23N7O. The largest absolute Gasteiger partial charge is 0.393 e. The standard InChI is InChI=1S/C19H23N7O/c1-19(2,3)26-24-17-15(20)16(21-11-22-17)23-25-18(27)14-10-6-8-12-7-4-5-9-13(12)14/h4-11,26H,20H2,1-3H3,(H,25,27)(H2,21,22,23,24). The second kappa shape index (κ2) is 7.46. The minimum Gasteiger partial charge on any atom is -0.393 e. The van der Waals surface area contributed by atoms with Gasteiger partial charge in [0, 0.05) is 11.1 Å². The maximum Gasteiger partial charge on any atom is 0.270 e. The molecule has 0 aliphatic carbocycles. The number of hydrogen-bond acceptors (Lipinski definition) is 7. The molecule has 8 nitrogen and oxygen atoms in total. The summed E-state index contributed by atoms with van der Waals surface area (Å²) in [5.41, 5.74) is 18.2. The van der Waals surface area contributed by atoms with Gasteiger partial charge in [-0.15, -0.1) is 0 Å². The Bertz CT molecular complexity index is 960. The summed E-state index contributed by atoms with van der Waals surface area (Å²) in [5.74, 6) is 0.436.